The van der Waals surface area contributed by atoms with Gasteiger partial charge in [-0.25, -0.2) is 0 Å². The van der Waals surface area contributed by atoms with Crippen molar-refractivity contribution in [1.82, 2.24) is 5.32 Å². The Balaban J connectivity index is 1.98. The van der Waals surface area contributed by atoms with Crippen LogP contribution in [0.25, 0.3) is 0 Å². The minimum Gasteiger partial charge on any atom is -0.496 e. The van der Waals surface area contributed by atoms with Gasteiger partial charge in [0.15, 0.2) is 0 Å². The summed E-state index contributed by atoms with van der Waals surface area (Å²) in [5.74, 6) is 0.529. The molecule has 0 saturated heterocycles. The van der Waals surface area contributed by atoms with E-state index >= 15 is 0 Å². The Morgan fingerprint density at radius 2 is 1.76 bits per heavy atom. The molecule has 0 aromatic heterocycles. The van der Waals surface area contributed by atoms with E-state index in [0.717, 1.165) is 11.3 Å². The molecule has 2 atom stereocenters. The maximum atomic E-state index is 12.3. The summed E-state index contributed by atoms with van der Waals surface area (Å²) in [6, 6.07) is 12.8. The normalized spacial score (nSPS) is 12.9. The molecule has 0 fully saturated rings. The van der Waals surface area contributed by atoms with Gasteiger partial charge in [0, 0.05) is 29.4 Å². The number of non-ortho nitro benzene ring substituents is 1. The fraction of sp³-hybridized carbons (Fsp3) is 0.278. The monoisotopic (exact) mass is 343 g/mol. The molecule has 132 valence electrons. The van der Waals surface area contributed by atoms with Gasteiger partial charge in [-0.05, 0) is 32.0 Å². The zero-order valence-electron chi connectivity index (χ0n) is 14.4. The summed E-state index contributed by atoms with van der Waals surface area (Å²) in [7, 11) is 1.61. The Morgan fingerprint density at radius 3 is 2.36 bits per heavy atom. The number of nitro groups is 1. The van der Waals surface area contributed by atoms with Crippen LogP contribution in [0.15, 0.2) is 48.5 Å². The van der Waals surface area contributed by atoms with Gasteiger partial charge in [-0.15, -0.1) is 0 Å². The zero-order chi connectivity index (χ0) is 18.4. The third-order valence-corrected chi connectivity index (χ3v) is 3.84. The van der Waals surface area contributed by atoms with E-state index in [2.05, 4.69) is 10.6 Å². The highest BCUT2D eigenvalue weighted by molar-refractivity contribution is 5.94. The van der Waals surface area contributed by atoms with Crippen LogP contribution in [0.3, 0.4) is 0 Å². The predicted octanol–water partition coefficient (Wildman–Crippen LogP) is 3.28. The van der Waals surface area contributed by atoms with Crippen LogP contribution in [-0.4, -0.2) is 24.0 Å². The first-order valence-electron chi connectivity index (χ1n) is 7.86. The number of hydrogen-bond acceptors (Lipinski definition) is 5. The standard InChI is InChI=1S/C18H21N3O4/c1-12(16-6-4-5-7-17(16)25-3)19-13(2)18(22)20-14-8-10-15(11-9-14)21(23)24/h4-13,19H,1-3H3,(H,20,22)/t12-,13+/m0/s1. The lowest BCUT2D eigenvalue weighted by Gasteiger charge is -2.21. The summed E-state index contributed by atoms with van der Waals surface area (Å²) < 4.78 is 5.34. The third-order valence-electron chi connectivity index (χ3n) is 3.84. The lowest BCUT2D eigenvalue weighted by atomic mass is 10.1. The first-order chi connectivity index (χ1) is 11.9. The van der Waals surface area contributed by atoms with Gasteiger partial charge >= 0.3 is 0 Å². The second kappa shape index (κ2) is 8.25. The molecule has 2 aromatic rings. The average molecular weight is 343 g/mol. The van der Waals surface area contributed by atoms with Crippen LogP contribution in [0.4, 0.5) is 11.4 Å². The number of anilines is 1. The number of carbonyl (C=O) groups is 1. The van der Waals surface area contributed by atoms with Gasteiger partial charge in [0.25, 0.3) is 5.69 Å². The van der Waals surface area contributed by atoms with Crippen LogP contribution in [0, 0.1) is 10.1 Å². The molecule has 0 bridgehead atoms. The lowest BCUT2D eigenvalue weighted by molar-refractivity contribution is -0.384. The molecule has 2 N–H and O–H groups in total. The largest absolute Gasteiger partial charge is 0.496 e. The van der Waals surface area contributed by atoms with Crippen LogP contribution >= 0.6 is 0 Å². The fourth-order valence-electron chi connectivity index (χ4n) is 2.48. The topological polar surface area (TPSA) is 93.5 Å². The van der Waals surface area contributed by atoms with Gasteiger partial charge in [-0.2, -0.15) is 0 Å². The van der Waals surface area contributed by atoms with Gasteiger partial charge in [0.1, 0.15) is 5.75 Å². The van der Waals surface area contributed by atoms with Crippen LogP contribution in [0.5, 0.6) is 5.75 Å². The van der Waals surface area contributed by atoms with Crippen LogP contribution in [-0.2, 0) is 4.79 Å². The minimum absolute atomic E-state index is 0.0195. The molecular weight excluding hydrogens is 322 g/mol. The number of para-hydroxylation sites is 1. The molecule has 0 saturated carbocycles. The van der Waals surface area contributed by atoms with E-state index in [4.69, 9.17) is 4.74 Å². The van der Waals surface area contributed by atoms with E-state index in [1.165, 1.54) is 24.3 Å². The van der Waals surface area contributed by atoms with E-state index in [1.807, 2.05) is 31.2 Å². The number of ether oxygens (including phenoxy) is 1. The highest BCUT2D eigenvalue weighted by atomic mass is 16.6. The number of rotatable bonds is 7. The summed E-state index contributed by atoms with van der Waals surface area (Å²) >= 11 is 0. The van der Waals surface area contributed by atoms with Gasteiger partial charge < -0.3 is 10.1 Å². The van der Waals surface area contributed by atoms with Crippen molar-refractivity contribution in [1.29, 1.82) is 0 Å². The van der Waals surface area contributed by atoms with E-state index in [-0.39, 0.29) is 17.6 Å². The first-order valence-corrected chi connectivity index (χ1v) is 7.86. The lowest BCUT2D eigenvalue weighted by Crippen LogP contribution is -2.39. The summed E-state index contributed by atoms with van der Waals surface area (Å²) in [5, 5.41) is 16.6. The molecule has 0 spiro atoms. The molecule has 7 heteroatoms. The number of amides is 1. The van der Waals surface area contributed by atoms with Crippen LogP contribution in [0.1, 0.15) is 25.5 Å². The van der Waals surface area contributed by atoms with E-state index < -0.39 is 11.0 Å². The summed E-state index contributed by atoms with van der Waals surface area (Å²) in [6.07, 6.45) is 0. The number of nitro benzene ring substituents is 1. The SMILES string of the molecule is COc1ccccc1[C@H](C)N[C@H](C)C(=O)Nc1ccc([N+](=O)[O-])cc1. The molecule has 7 nitrogen and oxygen atoms in total. The van der Waals surface area contributed by atoms with E-state index in [1.54, 1.807) is 14.0 Å². The first kappa shape index (κ1) is 18.4. The summed E-state index contributed by atoms with van der Waals surface area (Å²) in [4.78, 5) is 22.5. The molecule has 0 unspecified atom stereocenters. The van der Waals surface area contributed by atoms with Crippen molar-refractivity contribution >= 4 is 17.3 Å². The number of benzene rings is 2. The van der Waals surface area contributed by atoms with Crippen molar-refractivity contribution in [3.05, 3.63) is 64.2 Å². The maximum Gasteiger partial charge on any atom is 0.269 e. The number of methoxy groups -OCH3 is 1. The highest BCUT2D eigenvalue weighted by Gasteiger charge is 2.18. The number of carbonyl (C=O) groups excluding carboxylic acids is 1. The van der Waals surface area contributed by atoms with Crippen molar-refractivity contribution in [3.8, 4) is 5.75 Å². The molecule has 0 radical (unpaired) electrons. The Hall–Kier alpha value is -2.93. The van der Waals surface area contributed by atoms with Crippen LogP contribution < -0.4 is 15.4 Å². The van der Waals surface area contributed by atoms with E-state index in [0.29, 0.717) is 5.69 Å². The smallest absolute Gasteiger partial charge is 0.269 e. The highest BCUT2D eigenvalue weighted by Crippen LogP contribution is 2.24. The second-order valence-electron chi connectivity index (χ2n) is 5.65. The second-order valence-corrected chi connectivity index (χ2v) is 5.65. The summed E-state index contributed by atoms with van der Waals surface area (Å²) in [6.45, 7) is 3.71. The van der Waals surface area contributed by atoms with Crippen molar-refractivity contribution < 1.29 is 14.5 Å². The molecule has 1 amide bonds. The van der Waals surface area contributed by atoms with Crippen molar-refractivity contribution in [3.63, 3.8) is 0 Å². The number of nitrogens with one attached hydrogen (secondary N) is 2. The molecule has 0 aliphatic heterocycles. The fourth-order valence-corrected chi connectivity index (χ4v) is 2.48. The molecule has 2 aromatic carbocycles. The zero-order valence-corrected chi connectivity index (χ0v) is 14.4. The van der Waals surface area contributed by atoms with Crippen LogP contribution in [0.2, 0.25) is 0 Å². The Labute approximate surface area is 146 Å². The van der Waals surface area contributed by atoms with Crippen molar-refractivity contribution in [2.75, 3.05) is 12.4 Å². The number of hydrogen-bond donors (Lipinski definition) is 2. The van der Waals surface area contributed by atoms with Gasteiger partial charge in [-0.3, -0.25) is 20.2 Å². The average Bonchev–Trinajstić information content (AvgIpc) is 2.61. The molecule has 0 aliphatic rings. The molecule has 0 aliphatic carbocycles. The van der Waals surface area contributed by atoms with Crippen molar-refractivity contribution in [2.45, 2.75) is 25.9 Å². The maximum absolute atomic E-state index is 12.3. The summed E-state index contributed by atoms with van der Waals surface area (Å²) in [5.41, 5.74) is 1.45. The molecule has 25 heavy (non-hydrogen) atoms. The quantitative estimate of drug-likeness (QED) is 0.594. The Bertz CT molecular complexity index is 746. The number of nitrogens with zero attached hydrogens (tertiary/aromatic N) is 1. The Morgan fingerprint density at radius 1 is 1.12 bits per heavy atom. The van der Waals surface area contributed by atoms with E-state index in [9.17, 15) is 14.9 Å². The molecule has 2 rings (SSSR count). The van der Waals surface area contributed by atoms with Gasteiger partial charge in [-0.1, -0.05) is 18.2 Å². The molecular formula is C18H21N3O4. The predicted molar refractivity (Wildman–Crippen MR) is 95.7 cm³/mol. The van der Waals surface area contributed by atoms with Gasteiger partial charge in [0.05, 0.1) is 18.1 Å². The van der Waals surface area contributed by atoms with Gasteiger partial charge in [0.2, 0.25) is 5.91 Å². The minimum atomic E-state index is -0.481. The Kier molecular flexibility index (Phi) is 6.08. The third kappa shape index (κ3) is 4.77. The van der Waals surface area contributed by atoms with Crippen molar-refractivity contribution in [2.24, 2.45) is 0 Å². The molecule has 0 heterocycles.